The standard InChI is InChI=1S/C18H29N3O2S.HI/c1-19-18(21-14-5-4-6-16(11-14)24-3)20-10-9-13-7-8-15(23-2)12-17(13)22;/h7-8,12,14,16,22H,4-6,9-11H2,1-3H3,(H2,19,20,21);1H. The van der Waals surface area contributed by atoms with Crippen molar-refractivity contribution in [1.82, 2.24) is 10.6 Å². The van der Waals surface area contributed by atoms with E-state index in [9.17, 15) is 5.11 Å². The number of phenols is 1. The SMILES string of the molecule is CN=C(NCCc1ccc(OC)cc1O)NC1CCCC(SC)C1.I. The summed E-state index contributed by atoms with van der Waals surface area (Å²) in [7, 11) is 3.40. The number of rotatable bonds is 6. The summed E-state index contributed by atoms with van der Waals surface area (Å²) in [4.78, 5) is 4.32. The monoisotopic (exact) mass is 479 g/mol. The van der Waals surface area contributed by atoms with E-state index >= 15 is 0 Å². The third-order valence-electron chi connectivity index (χ3n) is 4.50. The summed E-state index contributed by atoms with van der Waals surface area (Å²) in [5.74, 6) is 1.78. The van der Waals surface area contributed by atoms with E-state index in [4.69, 9.17) is 4.74 Å². The molecule has 0 aliphatic heterocycles. The van der Waals surface area contributed by atoms with E-state index in [0.29, 0.717) is 11.8 Å². The minimum atomic E-state index is 0. The van der Waals surface area contributed by atoms with Gasteiger partial charge in [-0.25, -0.2) is 0 Å². The fraction of sp³-hybridized carbons (Fsp3) is 0.611. The van der Waals surface area contributed by atoms with Crippen LogP contribution in [0.15, 0.2) is 23.2 Å². The molecule has 0 amide bonds. The van der Waals surface area contributed by atoms with Gasteiger partial charge in [0.1, 0.15) is 11.5 Å². The van der Waals surface area contributed by atoms with Crippen molar-refractivity contribution in [2.24, 2.45) is 4.99 Å². The predicted octanol–water partition coefficient (Wildman–Crippen LogP) is 3.40. The minimum Gasteiger partial charge on any atom is -0.508 e. The van der Waals surface area contributed by atoms with Gasteiger partial charge in [0.2, 0.25) is 0 Å². The second-order valence-electron chi connectivity index (χ2n) is 6.11. The third-order valence-corrected chi connectivity index (χ3v) is 5.60. The molecule has 1 saturated carbocycles. The van der Waals surface area contributed by atoms with Crippen LogP contribution < -0.4 is 15.4 Å². The molecular weight excluding hydrogens is 449 g/mol. The molecule has 0 heterocycles. The highest BCUT2D eigenvalue weighted by atomic mass is 127. The van der Waals surface area contributed by atoms with Gasteiger partial charge in [-0.1, -0.05) is 12.5 Å². The van der Waals surface area contributed by atoms with E-state index in [-0.39, 0.29) is 29.7 Å². The molecule has 0 bridgehead atoms. The first kappa shape index (κ1) is 22.2. The van der Waals surface area contributed by atoms with Crippen LogP contribution in [-0.4, -0.2) is 49.3 Å². The summed E-state index contributed by atoms with van der Waals surface area (Å²) in [6.45, 7) is 0.720. The second kappa shape index (κ2) is 11.7. The van der Waals surface area contributed by atoms with Gasteiger partial charge in [-0.15, -0.1) is 24.0 Å². The highest BCUT2D eigenvalue weighted by molar-refractivity contribution is 14.0. The summed E-state index contributed by atoms with van der Waals surface area (Å²) in [6.07, 6.45) is 7.93. The van der Waals surface area contributed by atoms with Crippen LogP contribution in [0.3, 0.4) is 0 Å². The number of ether oxygens (including phenoxy) is 1. The van der Waals surface area contributed by atoms with Crippen molar-refractivity contribution in [3.8, 4) is 11.5 Å². The zero-order valence-electron chi connectivity index (χ0n) is 15.2. The lowest BCUT2D eigenvalue weighted by Gasteiger charge is -2.29. The van der Waals surface area contributed by atoms with Gasteiger partial charge >= 0.3 is 0 Å². The quantitative estimate of drug-likeness (QED) is 0.332. The van der Waals surface area contributed by atoms with Crippen LogP contribution in [0, 0.1) is 0 Å². The molecule has 1 fully saturated rings. The number of benzene rings is 1. The Morgan fingerprint density at radius 2 is 2.20 bits per heavy atom. The van der Waals surface area contributed by atoms with E-state index in [1.807, 2.05) is 23.9 Å². The molecule has 1 aliphatic carbocycles. The number of hydrogen-bond donors (Lipinski definition) is 3. The molecule has 0 saturated heterocycles. The van der Waals surface area contributed by atoms with Crippen LogP contribution in [0.1, 0.15) is 31.2 Å². The van der Waals surface area contributed by atoms with Crippen LogP contribution in [0.4, 0.5) is 0 Å². The Morgan fingerprint density at radius 3 is 2.84 bits per heavy atom. The molecule has 0 radical (unpaired) electrons. The minimum absolute atomic E-state index is 0. The summed E-state index contributed by atoms with van der Waals surface area (Å²) in [5, 5.41) is 17.6. The number of nitrogens with one attached hydrogen (secondary N) is 2. The Bertz CT molecular complexity index is 557. The molecule has 2 rings (SSSR count). The maximum Gasteiger partial charge on any atom is 0.191 e. The molecule has 5 nitrogen and oxygen atoms in total. The lowest BCUT2D eigenvalue weighted by Crippen LogP contribution is -2.46. The Kier molecular flexibility index (Phi) is 10.4. The molecule has 142 valence electrons. The zero-order chi connectivity index (χ0) is 17.4. The van der Waals surface area contributed by atoms with E-state index in [1.165, 1.54) is 25.7 Å². The number of nitrogens with zero attached hydrogens (tertiary/aromatic N) is 1. The molecule has 7 heteroatoms. The van der Waals surface area contributed by atoms with E-state index in [1.54, 1.807) is 20.2 Å². The number of halogens is 1. The molecule has 0 spiro atoms. The van der Waals surface area contributed by atoms with Crippen molar-refractivity contribution < 1.29 is 9.84 Å². The van der Waals surface area contributed by atoms with Gasteiger partial charge in [-0.2, -0.15) is 11.8 Å². The molecular formula is C18H30IN3O2S. The van der Waals surface area contributed by atoms with Crippen molar-refractivity contribution in [3.05, 3.63) is 23.8 Å². The summed E-state index contributed by atoms with van der Waals surface area (Å²) >= 11 is 1.97. The third kappa shape index (κ3) is 7.13. The van der Waals surface area contributed by atoms with Crippen molar-refractivity contribution >= 4 is 41.7 Å². The number of hydrogen-bond acceptors (Lipinski definition) is 4. The van der Waals surface area contributed by atoms with E-state index < -0.39 is 0 Å². The van der Waals surface area contributed by atoms with Crippen molar-refractivity contribution in [1.29, 1.82) is 0 Å². The van der Waals surface area contributed by atoms with Crippen LogP contribution in [0.25, 0.3) is 0 Å². The lowest BCUT2D eigenvalue weighted by atomic mass is 9.95. The van der Waals surface area contributed by atoms with Crippen LogP contribution in [-0.2, 0) is 6.42 Å². The molecule has 2 unspecified atom stereocenters. The van der Waals surface area contributed by atoms with Gasteiger partial charge in [0.05, 0.1) is 7.11 Å². The normalized spacial score (nSPS) is 20.5. The molecule has 1 aromatic rings. The summed E-state index contributed by atoms with van der Waals surface area (Å²) in [5.41, 5.74) is 0.902. The molecule has 0 aromatic heterocycles. The van der Waals surface area contributed by atoms with Crippen LogP contribution in [0.2, 0.25) is 0 Å². The van der Waals surface area contributed by atoms with Crippen LogP contribution >= 0.6 is 35.7 Å². The predicted molar refractivity (Wildman–Crippen MR) is 118 cm³/mol. The van der Waals surface area contributed by atoms with Crippen molar-refractivity contribution in [3.63, 3.8) is 0 Å². The van der Waals surface area contributed by atoms with Gasteiger partial charge in [0.15, 0.2) is 5.96 Å². The number of guanidine groups is 1. The Morgan fingerprint density at radius 1 is 1.40 bits per heavy atom. The molecule has 1 aromatic carbocycles. The summed E-state index contributed by atoms with van der Waals surface area (Å²) < 4.78 is 5.11. The van der Waals surface area contributed by atoms with Gasteiger partial charge in [-0.3, -0.25) is 4.99 Å². The Labute approximate surface area is 172 Å². The molecule has 3 N–H and O–H groups in total. The van der Waals surface area contributed by atoms with E-state index in [0.717, 1.165) is 29.7 Å². The summed E-state index contributed by atoms with van der Waals surface area (Å²) in [6, 6.07) is 5.91. The maximum atomic E-state index is 10.0. The Balaban J connectivity index is 0.00000312. The number of aromatic hydroxyl groups is 1. The number of thioether (sulfide) groups is 1. The maximum absolute atomic E-state index is 10.0. The zero-order valence-corrected chi connectivity index (χ0v) is 18.4. The van der Waals surface area contributed by atoms with Gasteiger partial charge in [0.25, 0.3) is 0 Å². The molecule has 25 heavy (non-hydrogen) atoms. The number of phenolic OH excluding ortho intramolecular Hbond substituents is 1. The van der Waals surface area contributed by atoms with Crippen LogP contribution in [0.5, 0.6) is 11.5 Å². The second-order valence-corrected chi connectivity index (χ2v) is 7.25. The van der Waals surface area contributed by atoms with Crippen molar-refractivity contribution in [2.45, 2.75) is 43.4 Å². The number of aliphatic imine (C=N–C) groups is 1. The first-order valence-electron chi connectivity index (χ1n) is 8.52. The first-order chi connectivity index (χ1) is 11.7. The lowest BCUT2D eigenvalue weighted by molar-refractivity contribution is 0.406. The highest BCUT2D eigenvalue weighted by Crippen LogP contribution is 2.27. The molecule has 2 atom stereocenters. The van der Waals surface area contributed by atoms with Crippen molar-refractivity contribution in [2.75, 3.05) is 27.0 Å². The van der Waals surface area contributed by atoms with E-state index in [2.05, 4.69) is 21.9 Å². The molecule has 1 aliphatic rings. The average molecular weight is 479 g/mol. The fourth-order valence-corrected chi connectivity index (χ4v) is 3.90. The van der Waals surface area contributed by atoms with Gasteiger partial charge in [-0.05, 0) is 43.6 Å². The van der Waals surface area contributed by atoms with Gasteiger partial charge in [0, 0.05) is 31.0 Å². The highest BCUT2D eigenvalue weighted by Gasteiger charge is 2.21. The van der Waals surface area contributed by atoms with Gasteiger partial charge < -0.3 is 20.5 Å². The Hall–Kier alpha value is -0.830. The fourth-order valence-electron chi connectivity index (χ4n) is 3.08. The smallest absolute Gasteiger partial charge is 0.191 e. The topological polar surface area (TPSA) is 65.9 Å². The first-order valence-corrected chi connectivity index (χ1v) is 9.81. The number of methoxy groups -OCH3 is 1. The average Bonchev–Trinajstić information content (AvgIpc) is 2.62. The largest absolute Gasteiger partial charge is 0.508 e.